The molecule has 0 unspecified atom stereocenters. The summed E-state index contributed by atoms with van der Waals surface area (Å²) in [6.07, 6.45) is 3.98. The van der Waals surface area contributed by atoms with Gasteiger partial charge in [-0.3, -0.25) is 4.98 Å². The van der Waals surface area contributed by atoms with E-state index in [1.165, 1.54) is 0 Å². The minimum atomic E-state index is 0.549. The first-order valence-corrected chi connectivity index (χ1v) is 4.68. The predicted molar refractivity (Wildman–Crippen MR) is 60.0 cm³/mol. The second-order valence-electron chi connectivity index (χ2n) is 3.06. The molecule has 0 saturated carbocycles. The van der Waals surface area contributed by atoms with Crippen molar-refractivity contribution in [2.24, 2.45) is 5.73 Å². The van der Waals surface area contributed by atoms with E-state index in [0.717, 1.165) is 11.1 Å². The van der Waals surface area contributed by atoms with Crippen molar-refractivity contribution in [1.29, 1.82) is 0 Å². The average Bonchev–Trinajstić information content (AvgIpc) is 2.28. The lowest BCUT2D eigenvalue weighted by molar-refractivity contribution is 0.388. The largest absolute Gasteiger partial charge is 0.494 e. The SMILES string of the molecule is C=C(CCN)c1c(OC)cncc1OC. The van der Waals surface area contributed by atoms with E-state index in [1.807, 2.05) is 0 Å². The molecule has 0 atom stereocenters. The summed E-state index contributed by atoms with van der Waals surface area (Å²) < 4.78 is 10.4. The van der Waals surface area contributed by atoms with Gasteiger partial charge in [0.2, 0.25) is 0 Å². The lowest BCUT2D eigenvalue weighted by Gasteiger charge is -2.13. The highest BCUT2D eigenvalue weighted by Crippen LogP contribution is 2.33. The topological polar surface area (TPSA) is 57.4 Å². The molecule has 0 aliphatic heterocycles. The van der Waals surface area contributed by atoms with E-state index in [-0.39, 0.29) is 0 Å². The fourth-order valence-corrected chi connectivity index (χ4v) is 1.38. The molecule has 0 radical (unpaired) electrons. The van der Waals surface area contributed by atoms with Crippen LogP contribution in [0.1, 0.15) is 12.0 Å². The van der Waals surface area contributed by atoms with Crippen molar-refractivity contribution >= 4 is 5.57 Å². The first-order chi connectivity index (χ1) is 7.24. The average molecular weight is 208 g/mol. The number of methoxy groups -OCH3 is 2. The maximum absolute atomic E-state index is 5.49. The van der Waals surface area contributed by atoms with Crippen molar-refractivity contribution in [3.63, 3.8) is 0 Å². The number of nitrogens with two attached hydrogens (primary N) is 1. The van der Waals surface area contributed by atoms with Crippen LogP contribution in [0.3, 0.4) is 0 Å². The molecule has 15 heavy (non-hydrogen) atoms. The molecule has 0 aromatic carbocycles. The lowest BCUT2D eigenvalue weighted by Crippen LogP contribution is -2.02. The fourth-order valence-electron chi connectivity index (χ4n) is 1.38. The molecule has 0 aliphatic rings. The van der Waals surface area contributed by atoms with Crippen LogP contribution in [0.15, 0.2) is 19.0 Å². The summed E-state index contributed by atoms with van der Waals surface area (Å²) in [5.41, 5.74) is 7.24. The van der Waals surface area contributed by atoms with Crippen LogP contribution in [0.2, 0.25) is 0 Å². The van der Waals surface area contributed by atoms with Crippen LogP contribution in [0.25, 0.3) is 5.57 Å². The molecule has 82 valence electrons. The van der Waals surface area contributed by atoms with Crippen LogP contribution in [-0.2, 0) is 0 Å². The van der Waals surface area contributed by atoms with Crippen molar-refractivity contribution < 1.29 is 9.47 Å². The summed E-state index contributed by atoms with van der Waals surface area (Å²) in [5, 5.41) is 0. The van der Waals surface area contributed by atoms with Crippen LogP contribution in [-0.4, -0.2) is 25.7 Å². The third-order valence-electron chi connectivity index (χ3n) is 2.12. The number of hydrogen-bond donors (Lipinski definition) is 1. The maximum Gasteiger partial charge on any atom is 0.148 e. The van der Waals surface area contributed by atoms with Crippen molar-refractivity contribution in [2.75, 3.05) is 20.8 Å². The van der Waals surface area contributed by atoms with E-state index >= 15 is 0 Å². The van der Waals surface area contributed by atoms with Crippen LogP contribution in [0.5, 0.6) is 11.5 Å². The number of hydrogen-bond acceptors (Lipinski definition) is 4. The molecule has 1 rings (SSSR count). The lowest BCUT2D eigenvalue weighted by atomic mass is 10.0. The molecule has 0 fully saturated rings. The molecule has 0 bridgehead atoms. The zero-order valence-electron chi connectivity index (χ0n) is 9.12. The normalized spacial score (nSPS) is 9.80. The Morgan fingerprint density at radius 1 is 1.33 bits per heavy atom. The monoisotopic (exact) mass is 208 g/mol. The number of ether oxygens (including phenoxy) is 2. The Kier molecular flexibility index (Phi) is 4.12. The molecule has 0 aliphatic carbocycles. The molecule has 4 heteroatoms. The van der Waals surface area contributed by atoms with Gasteiger partial charge in [-0.25, -0.2) is 0 Å². The second-order valence-corrected chi connectivity index (χ2v) is 3.06. The Morgan fingerprint density at radius 2 is 1.87 bits per heavy atom. The van der Waals surface area contributed by atoms with Crippen molar-refractivity contribution in [3.8, 4) is 11.5 Å². The summed E-state index contributed by atoms with van der Waals surface area (Å²) in [5.74, 6) is 1.32. The summed E-state index contributed by atoms with van der Waals surface area (Å²) in [6.45, 7) is 4.51. The second kappa shape index (κ2) is 5.36. The molecule has 1 aromatic heterocycles. The number of aromatic nitrogens is 1. The number of pyridine rings is 1. The van der Waals surface area contributed by atoms with Crippen LogP contribution >= 0.6 is 0 Å². The number of rotatable bonds is 5. The summed E-state index contributed by atoms with van der Waals surface area (Å²) in [7, 11) is 3.19. The van der Waals surface area contributed by atoms with Gasteiger partial charge in [0, 0.05) is 0 Å². The van der Waals surface area contributed by atoms with Gasteiger partial charge in [0.25, 0.3) is 0 Å². The van der Waals surface area contributed by atoms with Gasteiger partial charge in [-0.1, -0.05) is 6.58 Å². The van der Waals surface area contributed by atoms with Gasteiger partial charge >= 0.3 is 0 Å². The smallest absolute Gasteiger partial charge is 0.148 e. The Balaban J connectivity index is 3.15. The third kappa shape index (κ3) is 2.47. The van der Waals surface area contributed by atoms with E-state index in [4.69, 9.17) is 15.2 Å². The highest BCUT2D eigenvalue weighted by atomic mass is 16.5. The fraction of sp³-hybridized carbons (Fsp3) is 0.364. The zero-order chi connectivity index (χ0) is 11.3. The molecule has 4 nitrogen and oxygen atoms in total. The first kappa shape index (κ1) is 11.5. The van der Waals surface area contributed by atoms with Gasteiger partial charge in [-0.15, -0.1) is 0 Å². The van der Waals surface area contributed by atoms with Crippen LogP contribution < -0.4 is 15.2 Å². The van der Waals surface area contributed by atoms with E-state index in [2.05, 4.69) is 11.6 Å². The molecule has 0 saturated heterocycles. The van der Waals surface area contributed by atoms with Crippen molar-refractivity contribution in [3.05, 3.63) is 24.5 Å². The molecule has 2 N–H and O–H groups in total. The van der Waals surface area contributed by atoms with Gasteiger partial charge in [0.1, 0.15) is 11.5 Å². The molecule has 1 aromatic rings. The van der Waals surface area contributed by atoms with Gasteiger partial charge in [-0.2, -0.15) is 0 Å². The van der Waals surface area contributed by atoms with Gasteiger partial charge in [-0.05, 0) is 18.5 Å². The molecule has 0 spiro atoms. The van der Waals surface area contributed by atoms with E-state index in [1.54, 1.807) is 26.6 Å². The van der Waals surface area contributed by atoms with Gasteiger partial charge in [0.15, 0.2) is 0 Å². The highest BCUT2D eigenvalue weighted by molar-refractivity contribution is 5.73. The molecular weight excluding hydrogens is 192 g/mol. The van der Waals surface area contributed by atoms with Crippen molar-refractivity contribution in [1.82, 2.24) is 4.98 Å². The predicted octanol–water partition coefficient (Wildman–Crippen LogP) is 1.46. The summed E-state index contributed by atoms with van der Waals surface area (Å²) >= 11 is 0. The minimum absolute atomic E-state index is 0.549. The maximum atomic E-state index is 5.49. The first-order valence-electron chi connectivity index (χ1n) is 4.68. The van der Waals surface area contributed by atoms with E-state index < -0.39 is 0 Å². The van der Waals surface area contributed by atoms with Gasteiger partial charge < -0.3 is 15.2 Å². The van der Waals surface area contributed by atoms with E-state index in [9.17, 15) is 0 Å². The van der Waals surface area contributed by atoms with Crippen LogP contribution in [0, 0.1) is 0 Å². The van der Waals surface area contributed by atoms with Crippen molar-refractivity contribution in [2.45, 2.75) is 6.42 Å². The Morgan fingerprint density at radius 3 is 2.27 bits per heavy atom. The standard InChI is InChI=1S/C11H16N2O2/c1-8(4-5-12)11-9(14-2)6-13-7-10(11)15-3/h6-7H,1,4-5,12H2,2-3H3. The number of nitrogens with zero attached hydrogens (tertiary/aromatic N) is 1. The molecular formula is C11H16N2O2. The minimum Gasteiger partial charge on any atom is -0.494 e. The Bertz CT molecular complexity index is 328. The van der Waals surface area contributed by atoms with Crippen LogP contribution in [0.4, 0.5) is 0 Å². The Hall–Kier alpha value is -1.55. The third-order valence-corrected chi connectivity index (χ3v) is 2.12. The summed E-state index contributed by atoms with van der Waals surface area (Å²) in [4.78, 5) is 4.01. The quantitative estimate of drug-likeness (QED) is 0.796. The molecule has 1 heterocycles. The zero-order valence-corrected chi connectivity index (χ0v) is 9.12. The summed E-state index contributed by atoms with van der Waals surface area (Å²) in [6, 6.07) is 0. The van der Waals surface area contributed by atoms with E-state index in [0.29, 0.717) is 24.5 Å². The Labute approximate surface area is 89.7 Å². The highest BCUT2D eigenvalue weighted by Gasteiger charge is 2.12. The van der Waals surface area contributed by atoms with Gasteiger partial charge in [0.05, 0.1) is 32.2 Å². The molecule has 0 amide bonds.